The molecule has 0 aliphatic carbocycles. The van der Waals surface area contributed by atoms with Crippen molar-refractivity contribution in [3.8, 4) is 5.75 Å². The number of carbonyl (C=O) groups excluding carboxylic acids is 1. The number of halogens is 1. The summed E-state index contributed by atoms with van der Waals surface area (Å²) in [7, 11) is 0. The molecule has 0 saturated carbocycles. The Bertz CT molecular complexity index is 489. The van der Waals surface area contributed by atoms with Gasteiger partial charge in [-0.15, -0.1) is 0 Å². The van der Waals surface area contributed by atoms with E-state index >= 15 is 0 Å². The Morgan fingerprint density at radius 2 is 1.95 bits per heavy atom. The molecule has 5 nitrogen and oxygen atoms in total. The monoisotopic (exact) mass is 310 g/mol. The first-order chi connectivity index (χ1) is 10.4. The minimum absolute atomic E-state index is 0.111. The highest BCUT2D eigenvalue weighted by Crippen LogP contribution is 2.18. The molecule has 0 heterocycles. The van der Waals surface area contributed by atoms with Crippen LogP contribution in [0.25, 0.3) is 0 Å². The standard InChI is InChI=1S/C16H22FNO4/c1-11(19)15(18)10-13(16(20)21)9-12-3-5-14(6-4-12)22-8-2-7-17/h3-6,13,15H,2,7-10,18H2,1H3,(H,20,21)/t13?,15-/m0/s1/i17-1. The summed E-state index contributed by atoms with van der Waals surface area (Å²) in [6.07, 6.45) is 0.742. The largest absolute Gasteiger partial charge is 0.494 e. The lowest BCUT2D eigenvalue weighted by Gasteiger charge is -2.16. The fraction of sp³-hybridized carbons (Fsp3) is 0.500. The normalized spacial score (nSPS) is 13.4. The number of rotatable bonds is 10. The van der Waals surface area contributed by atoms with Crippen LogP contribution in [0, 0.1) is 5.92 Å². The van der Waals surface area contributed by atoms with Gasteiger partial charge in [0.1, 0.15) is 11.5 Å². The van der Waals surface area contributed by atoms with Gasteiger partial charge in [-0.05, 0) is 37.5 Å². The van der Waals surface area contributed by atoms with E-state index in [4.69, 9.17) is 10.5 Å². The molecule has 1 rings (SSSR count). The third-order valence-electron chi connectivity index (χ3n) is 3.36. The Balaban J connectivity index is 2.62. The molecule has 122 valence electrons. The van der Waals surface area contributed by atoms with Gasteiger partial charge in [0, 0.05) is 6.42 Å². The zero-order chi connectivity index (χ0) is 16.5. The predicted octanol–water partition coefficient (Wildman–Crippen LogP) is 1.97. The molecule has 1 aromatic rings. The van der Waals surface area contributed by atoms with Gasteiger partial charge >= 0.3 is 5.97 Å². The second-order valence-electron chi connectivity index (χ2n) is 5.23. The van der Waals surface area contributed by atoms with Crippen LogP contribution in [0.3, 0.4) is 0 Å². The van der Waals surface area contributed by atoms with Gasteiger partial charge in [0.25, 0.3) is 0 Å². The highest BCUT2D eigenvalue weighted by molar-refractivity contribution is 5.82. The van der Waals surface area contributed by atoms with Crippen LogP contribution >= 0.6 is 0 Å². The maximum atomic E-state index is 12.0. The minimum Gasteiger partial charge on any atom is -0.494 e. The molecule has 0 aliphatic rings. The highest BCUT2D eigenvalue weighted by atomic mass is 18.2. The third kappa shape index (κ3) is 6.22. The molecule has 0 bridgehead atoms. The molecule has 0 amide bonds. The van der Waals surface area contributed by atoms with Crippen molar-refractivity contribution in [3.63, 3.8) is 0 Å². The second-order valence-corrected chi connectivity index (χ2v) is 5.23. The predicted molar refractivity (Wildman–Crippen MR) is 80.6 cm³/mol. The van der Waals surface area contributed by atoms with Gasteiger partial charge in [-0.25, -0.2) is 0 Å². The minimum atomic E-state index is -0.972. The SMILES string of the molecule is CC(=O)[C@@H](N)CC(Cc1ccc(OCCC[18F])cc1)C(=O)O. The van der Waals surface area contributed by atoms with E-state index in [0.29, 0.717) is 25.2 Å². The van der Waals surface area contributed by atoms with Crippen LogP contribution in [0.2, 0.25) is 0 Å². The van der Waals surface area contributed by atoms with Crippen LogP contribution < -0.4 is 10.5 Å². The smallest absolute Gasteiger partial charge is 0.306 e. The number of ketones is 1. The summed E-state index contributed by atoms with van der Waals surface area (Å²) >= 11 is 0. The molecule has 3 N–H and O–H groups in total. The third-order valence-corrected chi connectivity index (χ3v) is 3.36. The summed E-state index contributed by atoms with van der Waals surface area (Å²) in [5, 5.41) is 9.24. The van der Waals surface area contributed by atoms with E-state index in [9.17, 15) is 19.1 Å². The van der Waals surface area contributed by atoms with Crippen molar-refractivity contribution in [1.82, 2.24) is 0 Å². The van der Waals surface area contributed by atoms with Crippen molar-refractivity contribution >= 4 is 11.8 Å². The van der Waals surface area contributed by atoms with Gasteiger partial charge in [-0.3, -0.25) is 14.0 Å². The van der Waals surface area contributed by atoms with Crippen molar-refractivity contribution in [3.05, 3.63) is 29.8 Å². The molecule has 1 unspecified atom stereocenters. The number of aliphatic carboxylic acids is 1. The second kappa shape index (κ2) is 9.15. The molecule has 0 fully saturated rings. The average molecular weight is 310 g/mol. The summed E-state index contributed by atoms with van der Waals surface area (Å²) in [5.74, 6) is -1.29. The van der Waals surface area contributed by atoms with E-state index < -0.39 is 24.6 Å². The molecule has 0 saturated heterocycles. The topological polar surface area (TPSA) is 89.6 Å². The van der Waals surface area contributed by atoms with E-state index in [0.717, 1.165) is 5.56 Å². The lowest BCUT2D eigenvalue weighted by Crippen LogP contribution is -2.33. The van der Waals surface area contributed by atoms with Crippen molar-refractivity contribution in [2.75, 3.05) is 13.3 Å². The quantitative estimate of drug-likeness (QED) is 0.645. The number of alkyl halides is 1. The number of hydrogen-bond donors (Lipinski definition) is 2. The molecule has 1 aromatic carbocycles. The molecule has 0 radical (unpaired) electrons. The first-order valence-electron chi connectivity index (χ1n) is 7.20. The Kier molecular flexibility index (Phi) is 7.52. The van der Waals surface area contributed by atoms with Gasteiger partial charge in [-0.2, -0.15) is 0 Å². The van der Waals surface area contributed by atoms with Gasteiger partial charge in [0.2, 0.25) is 0 Å². The fourth-order valence-electron chi connectivity index (χ4n) is 1.99. The molecule has 2 atom stereocenters. The van der Waals surface area contributed by atoms with E-state index in [1.165, 1.54) is 6.92 Å². The van der Waals surface area contributed by atoms with Gasteiger partial charge in [0.15, 0.2) is 0 Å². The molecular weight excluding hydrogens is 288 g/mol. The van der Waals surface area contributed by atoms with Crippen LogP contribution in [0.4, 0.5) is 4.39 Å². The van der Waals surface area contributed by atoms with Crippen molar-refractivity contribution < 1.29 is 23.8 Å². The number of carboxylic acid groups (broad SMARTS) is 1. The lowest BCUT2D eigenvalue weighted by atomic mass is 9.92. The van der Waals surface area contributed by atoms with Crippen LogP contribution in [0.5, 0.6) is 5.75 Å². The van der Waals surface area contributed by atoms with Crippen LogP contribution in [-0.4, -0.2) is 36.2 Å². The van der Waals surface area contributed by atoms with Gasteiger partial charge in [0.05, 0.1) is 25.2 Å². The maximum Gasteiger partial charge on any atom is 0.306 e. The molecular formula is C16H22FNO4. The first kappa shape index (κ1) is 18.1. The highest BCUT2D eigenvalue weighted by Gasteiger charge is 2.23. The number of Topliss-reactive ketones (excluding diaryl/α,β-unsaturated/α-hetero) is 1. The maximum absolute atomic E-state index is 12.0. The summed E-state index contributed by atoms with van der Waals surface area (Å²) in [6, 6.07) is 6.21. The van der Waals surface area contributed by atoms with Crippen molar-refractivity contribution in [2.24, 2.45) is 11.7 Å². The zero-order valence-electron chi connectivity index (χ0n) is 12.6. The Hall–Kier alpha value is -1.95. The molecule has 6 heteroatoms. The molecule has 0 spiro atoms. The first-order valence-corrected chi connectivity index (χ1v) is 7.20. The van der Waals surface area contributed by atoms with Crippen LogP contribution in [0.15, 0.2) is 24.3 Å². The fourth-order valence-corrected chi connectivity index (χ4v) is 1.99. The summed E-state index contributed by atoms with van der Waals surface area (Å²) in [5.41, 5.74) is 6.46. The van der Waals surface area contributed by atoms with Crippen molar-refractivity contribution in [2.45, 2.75) is 32.2 Å². The van der Waals surface area contributed by atoms with Crippen LogP contribution in [0.1, 0.15) is 25.3 Å². The number of carboxylic acids is 1. The van der Waals surface area contributed by atoms with Gasteiger partial charge < -0.3 is 15.6 Å². The molecule has 0 aromatic heterocycles. The number of nitrogens with two attached hydrogens (primary N) is 1. The molecule has 0 aliphatic heterocycles. The summed E-state index contributed by atoms with van der Waals surface area (Å²) < 4.78 is 17.3. The number of benzene rings is 1. The average Bonchev–Trinajstić information content (AvgIpc) is 2.48. The Morgan fingerprint density at radius 1 is 1.32 bits per heavy atom. The number of carbonyl (C=O) groups is 2. The zero-order valence-corrected chi connectivity index (χ0v) is 12.6. The van der Waals surface area contributed by atoms with E-state index in [1.807, 2.05) is 0 Å². The van der Waals surface area contributed by atoms with E-state index in [1.54, 1.807) is 24.3 Å². The summed E-state index contributed by atoms with van der Waals surface area (Å²) in [6.45, 7) is 1.24. The molecule has 22 heavy (non-hydrogen) atoms. The number of ether oxygens (including phenoxy) is 1. The van der Waals surface area contributed by atoms with Crippen molar-refractivity contribution in [1.29, 1.82) is 0 Å². The Labute approximate surface area is 129 Å². The van der Waals surface area contributed by atoms with E-state index in [-0.39, 0.29) is 12.2 Å². The Morgan fingerprint density at radius 3 is 2.45 bits per heavy atom. The van der Waals surface area contributed by atoms with E-state index in [2.05, 4.69) is 0 Å². The van der Waals surface area contributed by atoms with Crippen LogP contribution in [-0.2, 0) is 16.0 Å². The number of hydrogen-bond acceptors (Lipinski definition) is 4. The summed E-state index contributed by atoms with van der Waals surface area (Å²) in [4.78, 5) is 22.4. The van der Waals surface area contributed by atoms with Gasteiger partial charge in [-0.1, -0.05) is 12.1 Å². The lowest BCUT2D eigenvalue weighted by molar-refractivity contribution is -0.142.